The van der Waals surface area contributed by atoms with Crippen LogP contribution in [0.5, 0.6) is 0 Å². The molecule has 6 nitrogen and oxygen atoms in total. The number of H-pyrrole nitrogens is 1. The Morgan fingerprint density at radius 3 is 2.41 bits per heavy atom. The molecule has 0 amide bonds. The van der Waals surface area contributed by atoms with Crippen molar-refractivity contribution < 1.29 is 9.53 Å². The zero-order valence-corrected chi connectivity index (χ0v) is 13.7. The molecule has 8 heteroatoms. The lowest BCUT2D eigenvalue weighted by molar-refractivity contribution is -0.155. The van der Waals surface area contributed by atoms with E-state index < -0.39 is 29.2 Å². The Bertz CT molecular complexity index is 862. The number of esters is 1. The average molecular weight is 345 g/mol. The lowest BCUT2D eigenvalue weighted by atomic mass is 10.2. The van der Waals surface area contributed by atoms with Gasteiger partial charge in [0.05, 0.1) is 21.1 Å². The highest BCUT2D eigenvalue weighted by atomic mass is 35.5. The van der Waals surface area contributed by atoms with Gasteiger partial charge in [0.2, 0.25) is 0 Å². The minimum atomic E-state index is -0.864. The highest BCUT2D eigenvalue weighted by Gasteiger charge is 2.19. The smallest absolute Gasteiger partial charge is 0.326 e. The predicted molar refractivity (Wildman–Crippen MR) is 84.7 cm³/mol. The van der Waals surface area contributed by atoms with Gasteiger partial charge in [0.25, 0.3) is 0 Å². The summed E-state index contributed by atoms with van der Waals surface area (Å²) in [6.45, 7) is 4.73. The second-order valence-corrected chi connectivity index (χ2v) is 6.53. The number of aromatic amines is 1. The van der Waals surface area contributed by atoms with Crippen LogP contribution in [0.3, 0.4) is 0 Å². The summed E-state index contributed by atoms with van der Waals surface area (Å²) in [6, 6.07) is 2.84. The predicted octanol–water partition coefficient (Wildman–Crippen LogP) is 2.34. The molecule has 118 valence electrons. The van der Waals surface area contributed by atoms with Crippen molar-refractivity contribution in [3.05, 3.63) is 42.9 Å². The van der Waals surface area contributed by atoms with Crippen molar-refractivity contribution in [2.75, 3.05) is 0 Å². The van der Waals surface area contributed by atoms with Crippen molar-refractivity contribution in [1.82, 2.24) is 9.55 Å². The summed E-state index contributed by atoms with van der Waals surface area (Å²) in [6.07, 6.45) is 0. The number of nitrogens with zero attached hydrogens (tertiary/aromatic N) is 1. The molecule has 0 radical (unpaired) electrons. The Kier molecular flexibility index (Phi) is 4.35. The van der Waals surface area contributed by atoms with Crippen molar-refractivity contribution in [1.29, 1.82) is 0 Å². The molecule has 2 aromatic rings. The van der Waals surface area contributed by atoms with Crippen LogP contribution in [0.25, 0.3) is 11.0 Å². The molecule has 0 saturated carbocycles. The first kappa shape index (κ1) is 16.6. The molecule has 1 N–H and O–H groups in total. The second kappa shape index (κ2) is 5.78. The molecule has 0 saturated heterocycles. The minimum absolute atomic E-state index is 0.207. The first-order valence-electron chi connectivity index (χ1n) is 6.42. The number of rotatable bonds is 2. The summed E-state index contributed by atoms with van der Waals surface area (Å²) < 4.78 is 6.19. The van der Waals surface area contributed by atoms with Gasteiger partial charge in [-0.3, -0.25) is 19.0 Å². The molecule has 0 spiro atoms. The molecule has 2 rings (SSSR count). The van der Waals surface area contributed by atoms with Crippen molar-refractivity contribution >= 4 is 40.2 Å². The molecule has 0 aliphatic heterocycles. The van der Waals surface area contributed by atoms with E-state index in [9.17, 15) is 14.4 Å². The monoisotopic (exact) mass is 344 g/mol. The molecule has 0 bridgehead atoms. The van der Waals surface area contributed by atoms with Gasteiger partial charge in [-0.15, -0.1) is 0 Å². The van der Waals surface area contributed by atoms with Gasteiger partial charge in [0, 0.05) is 0 Å². The number of ether oxygens (including phenoxy) is 1. The van der Waals surface area contributed by atoms with E-state index in [2.05, 4.69) is 4.98 Å². The Morgan fingerprint density at radius 1 is 1.23 bits per heavy atom. The van der Waals surface area contributed by atoms with Gasteiger partial charge in [0.15, 0.2) is 0 Å². The lowest BCUT2D eigenvalue weighted by Crippen LogP contribution is -2.39. The summed E-state index contributed by atoms with van der Waals surface area (Å²) >= 11 is 11.8. The largest absolute Gasteiger partial charge is 0.459 e. The van der Waals surface area contributed by atoms with E-state index in [4.69, 9.17) is 27.9 Å². The number of hydrogen-bond donors (Lipinski definition) is 1. The summed E-state index contributed by atoms with van der Waals surface area (Å²) in [5, 5.41) is 0.436. The number of halogens is 2. The number of aromatic nitrogens is 2. The highest BCUT2D eigenvalue weighted by molar-refractivity contribution is 6.42. The van der Waals surface area contributed by atoms with Gasteiger partial charge in [-0.25, -0.2) is 0 Å². The third-order valence-electron chi connectivity index (χ3n) is 2.72. The fourth-order valence-corrected chi connectivity index (χ4v) is 2.25. The van der Waals surface area contributed by atoms with E-state index in [1.165, 1.54) is 12.1 Å². The van der Waals surface area contributed by atoms with Crippen molar-refractivity contribution in [2.45, 2.75) is 32.9 Å². The Morgan fingerprint density at radius 2 is 1.82 bits per heavy atom. The van der Waals surface area contributed by atoms with Crippen LogP contribution in [-0.2, 0) is 16.1 Å². The Balaban J connectivity index is 2.59. The van der Waals surface area contributed by atoms with Crippen molar-refractivity contribution in [3.8, 4) is 0 Å². The molecule has 22 heavy (non-hydrogen) atoms. The van der Waals surface area contributed by atoms with E-state index in [0.717, 1.165) is 4.57 Å². The zero-order chi connectivity index (χ0) is 16.7. The quantitative estimate of drug-likeness (QED) is 0.669. The zero-order valence-electron chi connectivity index (χ0n) is 12.2. The Labute approximate surface area is 135 Å². The van der Waals surface area contributed by atoms with Gasteiger partial charge < -0.3 is 9.72 Å². The van der Waals surface area contributed by atoms with E-state index >= 15 is 0 Å². The normalized spacial score (nSPS) is 11.7. The van der Waals surface area contributed by atoms with Crippen LogP contribution < -0.4 is 11.1 Å². The number of fused-ring (bicyclic) bond motifs is 1. The fourth-order valence-electron chi connectivity index (χ4n) is 1.93. The minimum Gasteiger partial charge on any atom is -0.459 e. The van der Waals surface area contributed by atoms with Crippen LogP contribution in [0.4, 0.5) is 0 Å². The first-order valence-corrected chi connectivity index (χ1v) is 7.18. The van der Waals surface area contributed by atoms with Gasteiger partial charge in [-0.05, 0) is 32.9 Å². The number of hydrogen-bond acceptors (Lipinski definition) is 4. The highest BCUT2D eigenvalue weighted by Crippen LogP contribution is 2.25. The van der Waals surface area contributed by atoms with Crippen LogP contribution >= 0.6 is 23.2 Å². The second-order valence-electron chi connectivity index (χ2n) is 5.72. The fraction of sp³-hybridized carbons (Fsp3) is 0.357. The van der Waals surface area contributed by atoms with Crippen LogP contribution in [-0.4, -0.2) is 21.1 Å². The maximum absolute atomic E-state index is 12.0. The van der Waals surface area contributed by atoms with Gasteiger partial charge in [-0.2, -0.15) is 0 Å². The third kappa shape index (κ3) is 3.51. The summed E-state index contributed by atoms with van der Waals surface area (Å²) in [7, 11) is 0. The number of carbonyl (C=O) groups excluding carboxylic acids is 1. The summed E-state index contributed by atoms with van der Waals surface area (Å²) in [4.78, 5) is 38.1. The third-order valence-corrected chi connectivity index (χ3v) is 3.45. The molecule has 0 aliphatic rings. The lowest BCUT2D eigenvalue weighted by Gasteiger charge is -2.20. The number of carbonyl (C=O) groups is 1. The van der Waals surface area contributed by atoms with Crippen LogP contribution in [0.1, 0.15) is 20.8 Å². The summed E-state index contributed by atoms with van der Waals surface area (Å²) in [5.41, 5.74) is -1.81. The molecule has 1 heterocycles. The molecule has 0 aliphatic carbocycles. The molecular weight excluding hydrogens is 331 g/mol. The molecule has 0 fully saturated rings. The van der Waals surface area contributed by atoms with Crippen LogP contribution in [0.15, 0.2) is 21.7 Å². The van der Waals surface area contributed by atoms with Gasteiger partial charge >= 0.3 is 17.1 Å². The molecule has 0 unspecified atom stereocenters. The van der Waals surface area contributed by atoms with Crippen molar-refractivity contribution in [3.63, 3.8) is 0 Å². The molecule has 1 aromatic carbocycles. The number of benzene rings is 1. The van der Waals surface area contributed by atoms with Gasteiger partial charge in [-0.1, -0.05) is 23.2 Å². The average Bonchev–Trinajstić information content (AvgIpc) is 2.36. The van der Waals surface area contributed by atoms with Crippen molar-refractivity contribution in [2.24, 2.45) is 0 Å². The molecule has 0 atom stereocenters. The molecule has 1 aromatic heterocycles. The topological polar surface area (TPSA) is 81.2 Å². The van der Waals surface area contributed by atoms with Gasteiger partial charge in [0.1, 0.15) is 12.1 Å². The first-order chi connectivity index (χ1) is 10.1. The van der Waals surface area contributed by atoms with Crippen LogP contribution in [0, 0.1) is 0 Å². The van der Waals surface area contributed by atoms with E-state index in [1.54, 1.807) is 20.8 Å². The number of nitrogens with one attached hydrogen (secondary N) is 1. The SMILES string of the molecule is CC(C)(C)OC(=O)Cn1c(=O)c(=O)[nH]c2cc(Cl)c(Cl)cc21. The summed E-state index contributed by atoms with van der Waals surface area (Å²) in [5.74, 6) is -0.632. The van der Waals surface area contributed by atoms with E-state index in [1.807, 2.05) is 0 Å². The maximum atomic E-state index is 12.0. The molecular formula is C14H14Cl2N2O4. The standard InChI is InChI=1S/C14H14Cl2N2O4/c1-14(2,3)22-11(19)6-18-10-5-8(16)7(15)4-9(10)17-12(20)13(18)21/h4-5H,6H2,1-3H3,(H,17,20). The van der Waals surface area contributed by atoms with E-state index in [-0.39, 0.29) is 10.0 Å². The maximum Gasteiger partial charge on any atom is 0.326 e. The van der Waals surface area contributed by atoms with Crippen LogP contribution in [0.2, 0.25) is 10.0 Å². The van der Waals surface area contributed by atoms with E-state index in [0.29, 0.717) is 11.0 Å². The Hall–Kier alpha value is -1.79.